The fourth-order valence-electron chi connectivity index (χ4n) is 2.00. The summed E-state index contributed by atoms with van der Waals surface area (Å²) in [5, 5.41) is 4.38. The van der Waals surface area contributed by atoms with Gasteiger partial charge in [-0.05, 0) is 37.1 Å². The Bertz CT molecular complexity index is 768. The molecule has 0 saturated heterocycles. The fourth-order valence-corrected chi connectivity index (χ4v) is 4.12. The van der Waals surface area contributed by atoms with Crippen LogP contribution >= 0.6 is 38.2 Å². The van der Waals surface area contributed by atoms with Crippen molar-refractivity contribution in [3.8, 4) is 5.69 Å². The molecule has 0 N–H and O–H groups in total. The summed E-state index contributed by atoms with van der Waals surface area (Å²) in [6.45, 7) is 0. The van der Waals surface area contributed by atoms with Crippen LogP contribution in [0.4, 0.5) is 0 Å². The van der Waals surface area contributed by atoms with Crippen LogP contribution in [0.5, 0.6) is 0 Å². The second kappa shape index (κ2) is 5.02. The molecule has 1 saturated carbocycles. The second-order valence-electron chi connectivity index (χ2n) is 4.61. The number of hydrogen-bond acceptors (Lipinski definition) is 3. The summed E-state index contributed by atoms with van der Waals surface area (Å²) < 4.78 is 25.8. The van der Waals surface area contributed by atoms with Crippen molar-refractivity contribution in [2.24, 2.45) is 0 Å². The van der Waals surface area contributed by atoms with Gasteiger partial charge in [0, 0.05) is 21.1 Å². The van der Waals surface area contributed by atoms with Gasteiger partial charge in [0.2, 0.25) is 0 Å². The highest BCUT2D eigenvalue weighted by Crippen LogP contribution is 2.45. The lowest BCUT2D eigenvalue weighted by molar-refractivity contribution is 0.608. The van der Waals surface area contributed by atoms with Gasteiger partial charge in [-0.3, -0.25) is 0 Å². The first-order chi connectivity index (χ1) is 9.38. The quantitative estimate of drug-likeness (QED) is 0.735. The highest BCUT2D eigenvalue weighted by Gasteiger charge is 2.36. The van der Waals surface area contributed by atoms with Gasteiger partial charge >= 0.3 is 0 Å². The molecule has 4 nitrogen and oxygen atoms in total. The molecule has 0 radical (unpaired) electrons. The lowest BCUT2D eigenvalue weighted by atomic mass is 10.3. The van der Waals surface area contributed by atoms with Crippen molar-refractivity contribution in [2.75, 3.05) is 0 Å². The summed E-state index contributed by atoms with van der Waals surface area (Å²) in [5.74, 6) is 0.132. The highest BCUT2D eigenvalue weighted by atomic mass is 79.9. The van der Waals surface area contributed by atoms with Crippen LogP contribution < -0.4 is 0 Å². The summed E-state index contributed by atoms with van der Waals surface area (Å²) in [6, 6.07) is 7.26. The van der Waals surface area contributed by atoms with Gasteiger partial charge in [0.15, 0.2) is 5.15 Å². The van der Waals surface area contributed by atoms with E-state index in [0.29, 0.717) is 11.4 Å². The monoisotopic (exact) mass is 394 g/mol. The lowest BCUT2D eigenvalue weighted by Gasteiger charge is -2.02. The summed E-state index contributed by atoms with van der Waals surface area (Å²) in [7, 11) is 1.58. The zero-order valence-electron chi connectivity index (χ0n) is 10.1. The molecule has 106 valence electrons. The Hall–Kier alpha value is -0.560. The highest BCUT2D eigenvalue weighted by molar-refractivity contribution is 9.10. The van der Waals surface area contributed by atoms with Crippen LogP contribution in [-0.4, -0.2) is 18.2 Å². The smallest absolute Gasteiger partial charge is 0.220 e. The zero-order chi connectivity index (χ0) is 14.5. The van der Waals surface area contributed by atoms with E-state index in [1.165, 1.54) is 4.68 Å². The number of hydrogen-bond donors (Lipinski definition) is 0. The Balaban J connectivity index is 2.20. The van der Waals surface area contributed by atoms with E-state index in [1.807, 2.05) is 12.1 Å². The molecular formula is C12H9BrCl2N2O2S. The molecule has 20 heavy (non-hydrogen) atoms. The van der Waals surface area contributed by atoms with Gasteiger partial charge in [-0.2, -0.15) is 5.10 Å². The Morgan fingerprint density at radius 2 is 1.85 bits per heavy atom. The standard InChI is InChI=1S/C12H9BrCl2N2O2S/c13-8-3-5-9(6-4-8)17-12(14)11(20(15,18)19)10(16-17)7-1-2-7/h3-7H,1-2H2. The predicted octanol–water partition coefficient (Wildman–Crippen LogP) is 4.09. The lowest BCUT2D eigenvalue weighted by Crippen LogP contribution is -1.97. The summed E-state index contributed by atoms with van der Waals surface area (Å²) in [6.07, 6.45) is 1.82. The minimum absolute atomic E-state index is 0.0317. The van der Waals surface area contributed by atoms with Crippen LogP contribution in [-0.2, 0) is 9.05 Å². The second-order valence-corrected chi connectivity index (χ2v) is 8.38. The molecule has 1 aliphatic carbocycles. The minimum atomic E-state index is -3.92. The van der Waals surface area contributed by atoms with Crippen LogP contribution in [0.2, 0.25) is 5.15 Å². The average molecular weight is 396 g/mol. The molecular weight excluding hydrogens is 387 g/mol. The van der Waals surface area contributed by atoms with E-state index >= 15 is 0 Å². The van der Waals surface area contributed by atoms with Crippen molar-refractivity contribution in [3.05, 3.63) is 39.6 Å². The van der Waals surface area contributed by atoms with Crippen LogP contribution in [0.1, 0.15) is 24.5 Å². The Labute approximate surface area is 134 Å². The van der Waals surface area contributed by atoms with Crippen LogP contribution in [0.25, 0.3) is 5.69 Å². The third-order valence-electron chi connectivity index (χ3n) is 3.09. The number of aromatic nitrogens is 2. The summed E-state index contributed by atoms with van der Waals surface area (Å²) >= 11 is 9.53. The molecule has 1 aliphatic rings. The maximum atomic E-state index is 11.7. The van der Waals surface area contributed by atoms with Crippen molar-refractivity contribution >= 4 is 47.3 Å². The van der Waals surface area contributed by atoms with Gasteiger partial charge in [-0.15, -0.1) is 0 Å². The van der Waals surface area contributed by atoms with E-state index in [1.54, 1.807) is 12.1 Å². The van der Waals surface area contributed by atoms with Crippen molar-refractivity contribution in [2.45, 2.75) is 23.7 Å². The summed E-state index contributed by atoms with van der Waals surface area (Å²) in [4.78, 5) is -0.0637. The fraction of sp³-hybridized carbons (Fsp3) is 0.250. The van der Waals surface area contributed by atoms with Crippen molar-refractivity contribution in [3.63, 3.8) is 0 Å². The van der Waals surface area contributed by atoms with Gasteiger partial charge in [0.05, 0.1) is 11.4 Å². The van der Waals surface area contributed by atoms with E-state index < -0.39 is 9.05 Å². The first-order valence-electron chi connectivity index (χ1n) is 5.87. The van der Waals surface area contributed by atoms with E-state index in [9.17, 15) is 8.42 Å². The average Bonchev–Trinajstić information content (AvgIpc) is 3.13. The zero-order valence-corrected chi connectivity index (χ0v) is 14.0. The Morgan fingerprint density at radius 3 is 2.35 bits per heavy atom. The molecule has 1 fully saturated rings. The van der Waals surface area contributed by atoms with Gasteiger partial charge in [-0.25, -0.2) is 13.1 Å². The molecule has 0 unspecified atom stereocenters. The maximum Gasteiger partial charge on any atom is 0.266 e. The third kappa shape index (κ3) is 2.62. The topological polar surface area (TPSA) is 52.0 Å². The number of halogens is 3. The largest absolute Gasteiger partial charge is 0.266 e. The minimum Gasteiger partial charge on any atom is -0.220 e. The van der Waals surface area contributed by atoms with Crippen LogP contribution in [0, 0.1) is 0 Å². The molecule has 2 aromatic rings. The first-order valence-corrected chi connectivity index (χ1v) is 9.35. The maximum absolute atomic E-state index is 11.7. The number of benzene rings is 1. The van der Waals surface area contributed by atoms with Gasteiger partial charge in [0.1, 0.15) is 4.90 Å². The van der Waals surface area contributed by atoms with Crippen molar-refractivity contribution < 1.29 is 8.42 Å². The Morgan fingerprint density at radius 1 is 1.25 bits per heavy atom. The normalized spacial score (nSPS) is 15.6. The molecule has 0 aliphatic heterocycles. The molecule has 1 aromatic carbocycles. The van der Waals surface area contributed by atoms with E-state index in [0.717, 1.165) is 17.3 Å². The van der Waals surface area contributed by atoms with Crippen molar-refractivity contribution in [1.82, 2.24) is 9.78 Å². The van der Waals surface area contributed by atoms with Gasteiger partial charge < -0.3 is 0 Å². The molecule has 8 heteroatoms. The Kier molecular flexibility index (Phi) is 3.61. The van der Waals surface area contributed by atoms with Crippen molar-refractivity contribution in [1.29, 1.82) is 0 Å². The first kappa shape index (κ1) is 14.4. The van der Waals surface area contributed by atoms with Gasteiger partial charge in [-0.1, -0.05) is 27.5 Å². The molecule has 1 heterocycles. The number of nitrogens with zero attached hydrogens (tertiary/aromatic N) is 2. The molecule has 3 rings (SSSR count). The summed E-state index contributed by atoms with van der Waals surface area (Å²) in [5.41, 5.74) is 1.15. The molecule has 0 atom stereocenters. The van der Waals surface area contributed by atoms with E-state index in [-0.39, 0.29) is 16.0 Å². The van der Waals surface area contributed by atoms with Crippen LogP contribution in [0.15, 0.2) is 33.6 Å². The van der Waals surface area contributed by atoms with Crippen LogP contribution in [0.3, 0.4) is 0 Å². The molecule has 0 amide bonds. The molecule has 0 bridgehead atoms. The third-order valence-corrected chi connectivity index (χ3v) is 5.44. The van der Waals surface area contributed by atoms with Gasteiger partial charge in [0.25, 0.3) is 9.05 Å². The number of rotatable bonds is 3. The molecule has 1 aromatic heterocycles. The predicted molar refractivity (Wildman–Crippen MR) is 81.3 cm³/mol. The SMILES string of the molecule is O=S(=O)(Cl)c1c(C2CC2)nn(-c2ccc(Br)cc2)c1Cl. The van der Waals surface area contributed by atoms with E-state index in [4.69, 9.17) is 22.3 Å². The van der Waals surface area contributed by atoms with E-state index in [2.05, 4.69) is 21.0 Å². The molecule has 0 spiro atoms.